The number of hydrogen-bond donors (Lipinski definition) is 2. The molecule has 0 aromatic heterocycles. The summed E-state index contributed by atoms with van der Waals surface area (Å²) < 4.78 is 0. The maximum Gasteiger partial charge on any atom is 0.258 e. The first kappa shape index (κ1) is 18.0. The summed E-state index contributed by atoms with van der Waals surface area (Å²) in [6, 6.07) is 21.4. The number of fused-ring (bicyclic) bond motifs is 1. The average Bonchev–Trinajstić information content (AvgIpc) is 3.46. The Morgan fingerprint density at radius 2 is 1.50 bits per heavy atom. The topological polar surface area (TPSA) is 32.3 Å². The lowest BCUT2D eigenvalue weighted by Crippen LogP contribution is -2.65. The largest absolute Gasteiger partial charge is 0.424 e. The summed E-state index contributed by atoms with van der Waals surface area (Å²) in [5.74, 6) is 1.93. The van der Waals surface area contributed by atoms with E-state index < -0.39 is 8.32 Å². The Bertz CT molecular complexity index is 691. The quantitative estimate of drug-likeness (QED) is 0.770. The molecule has 3 unspecified atom stereocenters. The number of benzene rings is 2. The second kappa shape index (κ2) is 6.95. The number of nitrogens with one attached hydrogen (secondary N) is 1. The molecule has 2 fully saturated rings. The second-order valence-corrected chi connectivity index (χ2v) is 12.9. The molecule has 3 heteroatoms. The van der Waals surface area contributed by atoms with Crippen molar-refractivity contribution in [3.05, 3.63) is 60.7 Å². The van der Waals surface area contributed by atoms with Crippen molar-refractivity contribution in [1.82, 2.24) is 5.32 Å². The lowest BCUT2D eigenvalue weighted by Gasteiger charge is -2.42. The lowest BCUT2D eigenvalue weighted by molar-refractivity contribution is 0.340. The Balaban J connectivity index is 1.59. The van der Waals surface area contributed by atoms with Gasteiger partial charge < -0.3 is 10.1 Å². The minimum atomic E-state index is -2.85. The van der Waals surface area contributed by atoms with Crippen LogP contribution >= 0.6 is 0 Å². The van der Waals surface area contributed by atoms with E-state index in [-0.39, 0.29) is 5.04 Å². The maximum atomic E-state index is 12.2. The Hall–Kier alpha value is -1.42. The fourth-order valence-electron chi connectivity index (χ4n) is 4.86. The summed E-state index contributed by atoms with van der Waals surface area (Å²) in [6.07, 6.45) is 4.97. The first-order chi connectivity index (χ1) is 12.5. The standard InChI is InChI=1S/C23H31NOSi/c1-23(2,14-13-20-16-18-15-19(18)17-24-20)26(25,21-9-5-3-6-10-21)22-11-7-4-8-12-22/h3-12,18-20,24-25H,13-17H2,1-2H3. The van der Waals surface area contributed by atoms with Gasteiger partial charge in [0.05, 0.1) is 0 Å². The van der Waals surface area contributed by atoms with Gasteiger partial charge in [0.1, 0.15) is 0 Å². The molecule has 1 saturated carbocycles. The van der Waals surface area contributed by atoms with Crippen molar-refractivity contribution in [1.29, 1.82) is 0 Å². The Kier molecular flexibility index (Phi) is 4.80. The van der Waals surface area contributed by atoms with Crippen LogP contribution in [0.3, 0.4) is 0 Å². The van der Waals surface area contributed by atoms with E-state index in [2.05, 4.69) is 67.7 Å². The molecule has 1 saturated heterocycles. The van der Waals surface area contributed by atoms with Crippen molar-refractivity contribution in [3.8, 4) is 0 Å². The predicted octanol–water partition coefficient (Wildman–Crippen LogP) is 3.30. The van der Waals surface area contributed by atoms with Crippen LogP contribution in [-0.2, 0) is 0 Å². The van der Waals surface area contributed by atoms with Crippen molar-refractivity contribution in [2.24, 2.45) is 11.8 Å². The molecule has 1 aliphatic heterocycles. The van der Waals surface area contributed by atoms with Crippen molar-refractivity contribution >= 4 is 18.7 Å². The first-order valence-corrected chi connectivity index (χ1v) is 12.0. The molecule has 1 aliphatic carbocycles. The Labute approximate surface area is 158 Å². The van der Waals surface area contributed by atoms with E-state index in [1.165, 1.54) is 19.4 Å². The third-order valence-corrected chi connectivity index (χ3v) is 11.4. The highest BCUT2D eigenvalue weighted by molar-refractivity contribution is 6.98. The summed E-state index contributed by atoms with van der Waals surface area (Å²) >= 11 is 0. The van der Waals surface area contributed by atoms with Gasteiger partial charge in [-0.2, -0.15) is 0 Å². The van der Waals surface area contributed by atoms with Crippen molar-refractivity contribution in [3.63, 3.8) is 0 Å². The van der Waals surface area contributed by atoms with Gasteiger partial charge in [0.25, 0.3) is 8.32 Å². The molecule has 2 nitrogen and oxygen atoms in total. The fraction of sp³-hybridized carbons (Fsp3) is 0.478. The molecule has 26 heavy (non-hydrogen) atoms. The van der Waals surface area contributed by atoms with Crippen molar-refractivity contribution in [2.75, 3.05) is 6.54 Å². The third kappa shape index (κ3) is 3.28. The van der Waals surface area contributed by atoms with Gasteiger partial charge in [-0.3, -0.25) is 0 Å². The van der Waals surface area contributed by atoms with Gasteiger partial charge in [-0.05, 0) is 59.5 Å². The van der Waals surface area contributed by atoms with Crippen LogP contribution in [0.5, 0.6) is 0 Å². The number of hydrogen-bond acceptors (Lipinski definition) is 2. The van der Waals surface area contributed by atoms with Crippen molar-refractivity contribution < 1.29 is 4.80 Å². The van der Waals surface area contributed by atoms with Crippen LogP contribution in [-0.4, -0.2) is 25.7 Å². The monoisotopic (exact) mass is 365 g/mol. The molecule has 2 aromatic rings. The number of piperidine rings is 1. The molecule has 2 aromatic carbocycles. The maximum absolute atomic E-state index is 12.2. The Morgan fingerprint density at radius 3 is 2.04 bits per heavy atom. The molecule has 0 amide bonds. The van der Waals surface area contributed by atoms with Gasteiger partial charge in [0.15, 0.2) is 0 Å². The third-order valence-electron chi connectivity index (χ3n) is 6.81. The van der Waals surface area contributed by atoms with Gasteiger partial charge in [-0.1, -0.05) is 74.5 Å². The van der Waals surface area contributed by atoms with Crippen LogP contribution in [0.4, 0.5) is 0 Å². The summed E-state index contributed by atoms with van der Waals surface area (Å²) in [4.78, 5) is 12.2. The predicted molar refractivity (Wildman–Crippen MR) is 111 cm³/mol. The molecule has 0 spiro atoms. The van der Waals surface area contributed by atoms with Crippen LogP contribution in [0.25, 0.3) is 0 Å². The van der Waals surface area contributed by atoms with Gasteiger partial charge in [-0.15, -0.1) is 0 Å². The van der Waals surface area contributed by atoms with Gasteiger partial charge in [0.2, 0.25) is 0 Å². The minimum absolute atomic E-state index is 0.127. The summed E-state index contributed by atoms with van der Waals surface area (Å²) in [7, 11) is -2.85. The van der Waals surface area contributed by atoms with E-state index in [1.54, 1.807) is 0 Å². The van der Waals surface area contributed by atoms with Crippen LogP contribution in [0.1, 0.15) is 39.5 Å². The zero-order valence-corrected chi connectivity index (χ0v) is 17.0. The second-order valence-electron chi connectivity index (χ2n) is 8.96. The molecule has 138 valence electrons. The van der Waals surface area contributed by atoms with E-state index in [1.807, 2.05) is 12.1 Å². The van der Waals surface area contributed by atoms with E-state index in [0.717, 1.165) is 35.1 Å². The zero-order valence-electron chi connectivity index (χ0n) is 16.0. The van der Waals surface area contributed by atoms with Gasteiger partial charge in [-0.25, -0.2) is 0 Å². The highest BCUT2D eigenvalue weighted by atomic mass is 28.4. The van der Waals surface area contributed by atoms with Crippen LogP contribution in [0, 0.1) is 11.8 Å². The molecular weight excluding hydrogens is 334 g/mol. The molecule has 2 N–H and O–H groups in total. The zero-order chi connectivity index (χ0) is 18.2. The minimum Gasteiger partial charge on any atom is -0.424 e. The Morgan fingerprint density at radius 1 is 0.923 bits per heavy atom. The van der Waals surface area contributed by atoms with Crippen LogP contribution in [0.15, 0.2) is 60.7 Å². The number of rotatable bonds is 6. The van der Waals surface area contributed by atoms with Crippen LogP contribution in [0.2, 0.25) is 5.04 Å². The summed E-state index contributed by atoms with van der Waals surface area (Å²) in [5, 5.41) is 5.86. The molecule has 0 radical (unpaired) electrons. The summed E-state index contributed by atoms with van der Waals surface area (Å²) in [5.41, 5.74) is 0. The fourth-order valence-corrected chi connectivity index (χ4v) is 8.61. The van der Waals surface area contributed by atoms with Gasteiger partial charge in [0, 0.05) is 6.04 Å². The first-order valence-electron chi connectivity index (χ1n) is 10.1. The SMILES string of the molecule is CC(C)(CCC1CC2CC2CN1)[Si](O)(c1ccccc1)c1ccccc1. The van der Waals surface area contributed by atoms with E-state index in [0.29, 0.717) is 6.04 Å². The smallest absolute Gasteiger partial charge is 0.258 e. The van der Waals surface area contributed by atoms with Crippen molar-refractivity contribution in [2.45, 2.75) is 50.6 Å². The molecule has 1 heterocycles. The molecule has 4 rings (SSSR count). The lowest BCUT2D eigenvalue weighted by atomic mass is 9.96. The molecule has 2 aliphatic rings. The molecule has 3 atom stereocenters. The van der Waals surface area contributed by atoms with E-state index in [9.17, 15) is 4.80 Å². The van der Waals surface area contributed by atoms with Crippen LogP contribution < -0.4 is 15.7 Å². The molecule has 0 bridgehead atoms. The van der Waals surface area contributed by atoms with E-state index >= 15 is 0 Å². The normalized spacial score (nSPS) is 25.6. The van der Waals surface area contributed by atoms with Gasteiger partial charge >= 0.3 is 0 Å². The highest BCUT2D eigenvalue weighted by Gasteiger charge is 2.50. The summed E-state index contributed by atoms with van der Waals surface area (Å²) in [6.45, 7) is 5.76. The highest BCUT2D eigenvalue weighted by Crippen LogP contribution is 2.46. The van der Waals surface area contributed by atoms with E-state index in [4.69, 9.17) is 0 Å². The molecular formula is C23H31NOSi. The average molecular weight is 366 g/mol.